The van der Waals surface area contributed by atoms with E-state index in [0.29, 0.717) is 5.82 Å². The Kier molecular flexibility index (Phi) is 2.44. The van der Waals surface area contributed by atoms with Crippen LogP contribution in [0.5, 0.6) is 0 Å². The van der Waals surface area contributed by atoms with Crippen LogP contribution < -0.4 is 0 Å². The van der Waals surface area contributed by atoms with Crippen molar-refractivity contribution in [2.24, 2.45) is 5.41 Å². The predicted molar refractivity (Wildman–Crippen MR) is 57.2 cm³/mol. The maximum absolute atomic E-state index is 11.9. The zero-order chi connectivity index (χ0) is 11.1. The molecule has 1 rings (SSSR count). The maximum atomic E-state index is 11.9. The van der Waals surface area contributed by atoms with E-state index in [4.69, 9.17) is 0 Å². The third kappa shape index (κ3) is 1.67. The molecule has 0 aliphatic carbocycles. The number of amides is 1. The van der Waals surface area contributed by atoms with Crippen LogP contribution in [0.25, 0.3) is 0 Å². The average molecular weight is 194 g/mol. The minimum absolute atomic E-state index is 0.0422. The van der Waals surface area contributed by atoms with Gasteiger partial charge in [0.15, 0.2) is 0 Å². The Labute approximate surface area is 85.7 Å². The van der Waals surface area contributed by atoms with Crippen LogP contribution in [-0.2, 0) is 4.79 Å². The fraction of sp³-hybridized carbons (Fsp3) is 0.545. The van der Waals surface area contributed by atoms with E-state index in [1.54, 1.807) is 11.9 Å². The highest BCUT2D eigenvalue weighted by Crippen LogP contribution is 2.31. The molecule has 1 aliphatic rings. The van der Waals surface area contributed by atoms with E-state index >= 15 is 0 Å². The van der Waals surface area contributed by atoms with Crippen LogP contribution in [-0.4, -0.2) is 29.8 Å². The number of carbonyl (C=O) groups excluding carboxylic acids is 1. The quantitative estimate of drug-likeness (QED) is 0.587. The first-order valence-corrected chi connectivity index (χ1v) is 4.67. The summed E-state index contributed by atoms with van der Waals surface area (Å²) in [7, 11) is 3.65. The highest BCUT2D eigenvalue weighted by atomic mass is 16.2. The van der Waals surface area contributed by atoms with Crippen molar-refractivity contribution in [2.75, 3.05) is 14.1 Å². The third-order valence-corrected chi connectivity index (χ3v) is 2.46. The van der Waals surface area contributed by atoms with Gasteiger partial charge in [0.05, 0.1) is 0 Å². The summed E-state index contributed by atoms with van der Waals surface area (Å²) in [6, 6.07) is 0. The van der Waals surface area contributed by atoms with Gasteiger partial charge in [-0.25, -0.2) is 0 Å². The van der Waals surface area contributed by atoms with Gasteiger partial charge in [-0.2, -0.15) is 0 Å². The number of hydrogen-bond donors (Lipinski definition) is 0. The third-order valence-electron chi connectivity index (χ3n) is 2.46. The standard InChI is InChI=1S/C11H18N2O/c1-8-12(5)7-9(11(2,3)4)10(14)13(8)6/h7H,1H2,2-6H3. The molecule has 0 aromatic heterocycles. The highest BCUT2D eigenvalue weighted by Gasteiger charge is 2.31. The van der Waals surface area contributed by atoms with Crippen molar-refractivity contribution < 1.29 is 4.79 Å². The predicted octanol–water partition coefficient (Wildman–Crippen LogP) is 1.79. The topological polar surface area (TPSA) is 23.6 Å². The molecule has 1 heterocycles. The molecule has 78 valence electrons. The summed E-state index contributed by atoms with van der Waals surface area (Å²) >= 11 is 0. The van der Waals surface area contributed by atoms with Crippen LogP contribution in [0.3, 0.4) is 0 Å². The van der Waals surface area contributed by atoms with Gasteiger partial charge in [0, 0.05) is 25.9 Å². The van der Waals surface area contributed by atoms with Gasteiger partial charge in [-0.05, 0) is 5.41 Å². The molecule has 3 nitrogen and oxygen atoms in total. The smallest absolute Gasteiger partial charge is 0.257 e. The minimum Gasteiger partial charge on any atom is -0.337 e. The highest BCUT2D eigenvalue weighted by molar-refractivity contribution is 5.96. The SMILES string of the molecule is C=C1N(C)C=C(C(C)(C)C)C(=O)N1C. The molecule has 0 N–H and O–H groups in total. The van der Waals surface area contributed by atoms with E-state index in [1.807, 2.05) is 38.9 Å². The molecule has 0 saturated carbocycles. The Morgan fingerprint density at radius 2 is 1.79 bits per heavy atom. The molecule has 0 aromatic rings. The van der Waals surface area contributed by atoms with Crippen molar-refractivity contribution in [3.05, 3.63) is 24.2 Å². The molecule has 14 heavy (non-hydrogen) atoms. The Balaban J connectivity index is 3.15. The van der Waals surface area contributed by atoms with Gasteiger partial charge >= 0.3 is 0 Å². The van der Waals surface area contributed by atoms with E-state index in [9.17, 15) is 4.79 Å². The number of hydrogen-bond acceptors (Lipinski definition) is 2. The van der Waals surface area contributed by atoms with E-state index in [-0.39, 0.29) is 11.3 Å². The summed E-state index contributed by atoms with van der Waals surface area (Å²) in [5.74, 6) is 0.753. The summed E-state index contributed by atoms with van der Waals surface area (Å²) in [4.78, 5) is 15.4. The first kappa shape index (κ1) is 10.8. The summed E-state index contributed by atoms with van der Waals surface area (Å²) in [5, 5.41) is 0. The molecule has 0 aromatic carbocycles. The molecule has 0 saturated heterocycles. The van der Waals surface area contributed by atoms with Crippen LogP contribution in [0.4, 0.5) is 0 Å². The zero-order valence-corrected chi connectivity index (χ0v) is 9.59. The van der Waals surface area contributed by atoms with E-state index < -0.39 is 0 Å². The molecular formula is C11H18N2O. The fourth-order valence-electron chi connectivity index (χ4n) is 1.37. The average Bonchev–Trinajstić information content (AvgIpc) is 2.06. The summed E-state index contributed by atoms with van der Waals surface area (Å²) in [6.07, 6.45) is 1.87. The van der Waals surface area contributed by atoms with E-state index in [0.717, 1.165) is 5.57 Å². The Bertz CT molecular complexity index is 310. The molecular weight excluding hydrogens is 176 g/mol. The van der Waals surface area contributed by atoms with Crippen LogP contribution in [0.1, 0.15) is 20.8 Å². The van der Waals surface area contributed by atoms with E-state index in [2.05, 4.69) is 6.58 Å². The molecule has 0 unspecified atom stereocenters. The fourth-order valence-corrected chi connectivity index (χ4v) is 1.37. The first-order valence-electron chi connectivity index (χ1n) is 4.67. The molecule has 1 amide bonds. The van der Waals surface area contributed by atoms with Gasteiger partial charge in [0.25, 0.3) is 5.91 Å². The Morgan fingerprint density at radius 3 is 2.21 bits per heavy atom. The van der Waals surface area contributed by atoms with E-state index in [1.165, 1.54) is 0 Å². The Hall–Kier alpha value is -1.25. The lowest BCUT2D eigenvalue weighted by Gasteiger charge is -2.36. The van der Waals surface area contributed by atoms with Gasteiger partial charge in [-0.1, -0.05) is 27.4 Å². The van der Waals surface area contributed by atoms with Gasteiger partial charge in [-0.3, -0.25) is 9.69 Å². The van der Waals surface area contributed by atoms with Crippen molar-refractivity contribution in [1.29, 1.82) is 0 Å². The van der Waals surface area contributed by atoms with Gasteiger partial charge in [0.2, 0.25) is 0 Å². The van der Waals surface area contributed by atoms with Crippen LogP contribution in [0.2, 0.25) is 0 Å². The number of carbonyl (C=O) groups is 1. The van der Waals surface area contributed by atoms with Gasteiger partial charge in [0.1, 0.15) is 5.82 Å². The normalized spacial score (nSPS) is 18.8. The molecule has 0 radical (unpaired) electrons. The second-order valence-corrected chi connectivity index (χ2v) is 4.68. The van der Waals surface area contributed by atoms with Gasteiger partial charge < -0.3 is 4.90 Å². The second-order valence-electron chi connectivity index (χ2n) is 4.68. The lowest BCUT2D eigenvalue weighted by Crippen LogP contribution is -2.41. The Morgan fingerprint density at radius 1 is 1.29 bits per heavy atom. The summed E-state index contributed by atoms with van der Waals surface area (Å²) in [5.41, 5.74) is 0.690. The van der Waals surface area contributed by atoms with Crippen molar-refractivity contribution in [2.45, 2.75) is 20.8 Å². The summed E-state index contributed by atoms with van der Waals surface area (Å²) in [6.45, 7) is 9.93. The number of nitrogens with zero attached hydrogens (tertiary/aromatic N) is 2. The minimum atomic E-state index is -0.125. The first-order chi connectivity index (χ1) is 6.25. The van der Waals surface area contributed by atoms with Crippen molar-refractivity contribution >= 4 is 5.91 Å². The molecule has 0 fully saturated rings. The summed E-state index contributed by atoms with van der Waals surface area (Å²) < 4.78 is 0. The number of likely N-dealkylation sites (N-methyl/N-ethyl adjacent to an activating group) is 1. The number of rotatable bonds is 0. The van der Waals surface area contributed by atoms with Crippen LogP contribution in [0, 0.1) is 5.41 Å². The molecule has 3 heteroatoms. The van der Waals surface area contributed by atoms with Crippen LogP contribution in [0.15, 0.2) is 24.2 Å². The molecule has 1 aliphatic heterocycles. The molecule has 0 spiro atoms. The maximum Gasteiger partial charge on any atom is 0.257 e. The lowest BCUT2D eigenvalue weighted by atomic mass is 9.85. The van der Waals surface area contributed by atoms with Crippen molar-refractivity contribution in [3.8, 4) is 0 Å². The monoisotopic (exact) mass is 194 g/mol. The molecule has 0 atom stereocenters. The van der Waals surface area contributed by atoms with Gasteiger partial charge in [-0.15, -0.1) is 0 Å². The molecule has 0 bridgehead atoms. The second kappa shape index (κ2) is 3.15. The zero-order valence-electron chi connectivity index (χ0n) is 9.59. The largest absolute Gasteiger partial charge is 0.337 e. The van der Waals surface area contributed by atoms with Crippen molar-refractivity contribution in [1.82, 2.24) is 9.80 Å². The van der Waals surface area contributed by atoms with Crippen molar-refractivity contribution in [3.63, 3.8) is 0 Å². The lowest BCUT2D eigenvalue weighted by molar-refractivity contribution is -0.126. The van der Waals surface area contributed by atoms with Crippen LogP contribution >= 0.6 is 0 Å².